The lowest BCUT2D eigenvalue weighted by Crippen LogP contribution is -2.24. The normalized spacial score (nSPS) is 34.3. The molecule has 0 N–H and O–H groups in total. The lowest BCUT2D eigenvalue weighted by atomic mass is 9.69. The first-order chi connectivity index (χ1) is 15.2. The first kappa shape index (κ1) is 22.7. The van der Waals surface area contributed by atoms with Crippen LogP contribution in [0.15, 0.2) is 36.4 Å². The van der Waals surface area contributed by atoms with Gasteiger partial charge in [-0.25, -0.2) is 0 Å². The van der Waals surface area contributed by atoms with E-state index in [0.29, 0.717) is 0 Å². The van der Waals surface area contributed by atoms with Gasteiger partial charge >= 0.3 is 0 Å². The molecule has 1 aromatic carbocycles. The number of allylic oxidation sites excluding steroid dienone is 2. The summed E-state index contributed by atoms with van der Waals surface area (Å²) in [5.74, 6) is 12.2. The van der Waals surface area contributed by atoms with Gasteiger partial charge in [0.1, 0.15) is 0 Å². The van der Waals surface area contributed by atoms with E-state index in [1.54, 1.807) is 0 Å². The van der Waals surface area contributed by atoms with Crippen LogP contribution in [-0.4, -0.2) is 0 Å². The van der Waals surface area contributed by atoms with E-state index in [-0.39, 0.29) is 0 Å². The maximum atomic E-state index is 3.36. The van der Waals surface area contributed by atoms with Crippen LogP contribution in [0.5, 0.6) is 0 Å². The predicted molar refractivity (Wildman–Crippen MR) is 134 cm³/mol. The van der Waals surface area contributed by atoms with Crippen LogP contribution in [0.25, 0.3) is 0 Å². The zero-order chi connectivity index (χ0) is 21.5. The van der Waals surface area contributed by atoms with E-state index in [1.807, 2.05) is 0 Å². The molecule has 3 saturated carbocycles. The molecule has 0 amide bonds. The van der Waals surface area contributed by atoms with Crippen molar-refractivity contribution >= 4 is 0 Å². The van der Waals surface area contributed by atoms with Crippen LogP contribution < -0.4 is 0 Å². The second-order valence-corrected chi connectivity index (χ2v) is 11.1. The third-order valence-corrected chi connectivity index (χ3v) is 9.02. The quantitative estimate of drug-likeness (QED) is 0.430. The third-order valence-electron chi connectivity index (χ3n) is 9.02. The average Bonchev–Trinajstić information content (AvgIpc) is 2.83. The molecule has 0 atom stereocenters. The fourth-order valence-electron chi connectivity index (χ4n) is 6.62. The highest BCUT2D eigenvalue weighted by atomic mass is 14.3. The third kappa shape index (κ3) is 6.51. The molecule has 0 aliphatic heterocycles. The second kappa shape index (κ2) is 11.4. The monoisotopic (exact) mass is 416 g/mol. The van der Waals surface area contributed by atoms with E-state index in [1.165, 1.54) is 89.0 Å². The molecule has 0 bridgehead atoms. The van der Waals surface area contributed by atoms with Crippen molar-refractivity contribution in [1.82, 2.24) is 0 Å². The van der Waals surface area contributed by atoms with E-state index in [2.05, 4.69) is 62.1 Å². The number of hydrogen-bond donors (Lipinski definition) is 0. The van der Waals surface area contributed by atoms with Crippen molar-refractivity contribution in [2.24, 2.45) is 29.6 Å². The summed E-state index contributed by atoms with van der Waals surface area (Å²) in [6.07, 6.45) is 23.0. The van der Waals surface area contributed by atoms with Crippen LogP contribution in [0.1, 0.15) is 114 Å². The maximum Gasteiger partial charge on any atom is 0.0249 e. The van der Waals surface area contributed by atoms with Gasteiger partial charge in [-0.1, -0.05) is 63.2 Å². The van der Waals surface area contributed by atoms with Crippen molar-refractivity contribution < 1.29 is 0 Å². The van der Waals surface area contributed by atoms with E-state index in [0.717, 1.165) is 41.1 Å². The minimum Gasteiger partial charge on any atom is -0.0730 e. The first-order valence-corrected chi connectivity index (χ1v) is 13.5. The molecule has 168 valence electrons. The standard InChI is InChI=1S/C31H44/c1-3-25-10-18-29(19-11-25)31-22-14-27(15-23-31)7-5-4-6-26-12-20-30(21-13-26)28-16-8-24(2)9-17-28/h4,6,14-15,22-26,28-30H,3,8-13,16-21H2,1-2H3/t24-,25-,26-,28-,29-,30-. The van der Waals surface area contributed by atoms with Crippen molar-refractivity contribution in [3.05, 3.63) is 47.5 Å². The van der Waals surface area contributed by atoms with Crippen molar-refractivity contribution in [1.29, 1.82) is 0 Å². The van der Waals surface area contributed by atoms with E-state index >= 15 is 0 Å². The van der Waals surface area contributed by atoms with Crippen molar-refractivity contribution in [3.8, 4) is 11.8 Å². The molecule has 0 unspecified atom stereocenters. The Bertz CT molecular complexity index is 733. The summed E-state index contributed by atoms with van der Waals surface area (Å²) in [4.78, 5) is 0. The smallest absolute Gasteiger partial charge is 0.0249 e. The Kier molecular flexibility index (Phi) is 8.35. The molecule has 0 spiro atoms. The fourth-order valence-corrected chi connectivity index (χ4v) is 6.62. The summed E-state index contributed by atoms with van der Waals surface area (Å²) >= 11 is 0. The number of benzene rings is 1. The molecule has 3 aliphatic carbocycles. The number of rotatable bonds is 4. The van der Waals surface area contributed by atoms with Gasteiger partial charge in [-0.2, -0.15) is 0 Å². The van der Waals surface area contributed by atoms with Crippen LogP contribution in [0.2, 0.25) is 0 Å². The molecule has 31 heavy (non-hydrogen) atoms. The van der Waals surface area contributed by atoms with Crippen LogP contribution in [0.4, 0.5) is 0 Å². The van der Waals surface area contributed by atoms with Crippen LogP contribution in [0.3, 0.4) is 0 Å². The van der Waals surface area contributed by atoms with Gasteiger partial charge in [-0.3, -0.25) is 0 Å². The molecule has 0 saturated heterocycles. The number of hydrogen-bond acceptors (Lipinski definition) is 0. The Balaban J connectivity index is 1.20. The minimum atomic E-state index is 0.758. The highest BCUT2D eigenvalue weighted by Gasteiger charge is 2.29. The van der Waals surface area contributed by atoms with Crippen LogP contribution >= 0.6 is 0 Å². The summed E-state index contributed by atoms with van der Waals surface area (Å²) < 4.78 is 0. The van der Waals surface area contributed by atoms with Crippen molar-refractivity contribution in [3.63, 3.8) is 0 Å². The zero-order valence-electron chi connectivity index (χ0n) is 20.1. The molecular weight excluding hydrogens is 372 g/mol. The second-order valence-electron chi connectivity index (χ2n) is 11.1. The van der Waals surface area contributed by atoms with Gasteiger partial charge < -0.3 is 0 Å². The van der Waals surface area contributed by atoms with Gasteiger partial charge in [0.2, 0.25) is 0 Å². The zero-order valence-corrected chi connectivity index (χ0v) is 20.1. The van der Waals surface area contributed by atoms with Crippen molar-refractivity contribution in [2.45, 2.75) is 103 Å². The summed E-state index contributed by atoms with van der Waals surface area (Å²) in [5, 5.41) is 0. The highest BCUT2D eigenvalue weighted by Crippen LogP contribution is 2.41. The molecule has 0 radical (unpaired) electrons. The van der Waals surface area contributed by atoms with Gasteiger partial charge in [0, 0.05) is 5.56 Å². The summed E-state index contributed by atoms with van der Waals surface area (Å²) in [6.45, 7) is 4.78. The Hall–Kier alpha value is -1.48. The highest BCUT2D eigenvalue weighted by molar-refractivity contribution is 5.39. The molecule has 3 aliphatic rings. The molecule has 4 rings (SSSR count). The molecule has 0 heterocycles. The van der Waals surface area contributed by atoms with E-state index in [4.69, 9.17) is 0 Å². The molecule has 3 fully saturated rings. The lowest BCUT2D eigenvalue weighted by molar-refractivity contribution is 0.160. The molecular formula is C31H44. The predicted octanol–water partition coefficient (Wildman–Crippen LogP) is 8.91. The fraction of sp³-hybridized carbons (Fsp3) is 0.677. The SMILES string of the molecule is CC[C@H]1CC[C@H](c2ccc(C#CC=C[C@H]3CC[C@H]([C@H]4CC[C@H](C)CC4)CC3)cc2)CC1. The van der Waals surface area contributed by atoms with Gasteiger partial charge in [0.15, 0.2) is 0 Å². The Morgan fingerprint density at radius 2 is 1.39 bits per heavy atom. The van der Waals surface area contributed by atoms with Crippen LogP contribution in [-0.2, 0) is 0 Å². The van der Waals surface area contributed by atoms with E-state index in [9.17, 15) is 0 Å². The van der Waals surface area contributed by atoms with Gasteiger partial charge in [-0.15, -0.1) is 0 Å². The van der Waals surface area contributed by atoms with Gasteiger partial charge in [0.25, 0.3) is 0 Å². The van der Waals surface area contributed by atoms with E-state index < -0.39 is 0 Å². The lowest BCUT2D eigenvalue weighted by Gasteiger charge is -2.36. The average molecular weight is 417 g/mol. The van der Waals surface area contributed by atoms with Crippen molar-refractivity contribution in [2.75, 3.05) is 0 Å². The summed E-state index contributed by atoms with van der Waals surface area (Å²) in [5.41, 5.74) is 2.69. The largest absolute Gasteiger partial charge is 0.0730 e. The minimum absolute atomic E-state index is 0.758. The summed E-state index contributed by atoms with van der Waals surface area (Å²) in [6, 6.07) is 9.13. The Labute approximate surface area is 192 Å². The summed E-state index contributed by atoms with van der Waals surface area (Å²) in [7, 11) is 0. The Morgan fingerprint density at radius 3 is 2.00 bits per heavy atom. The topological polar surface area (TPSA) is 0 Å². The molecule has 1 aromatic rings. The first-order valence-electron chi connectivity index (χ1n) is 13.5. The Morgan fingerprint density at radius 1 is 0.774 bits per heavy atom. The van der Waals surface area contributed by atoms with Gasteiger partial charge in [0.05, 0.1) is 0 Å². The molecule has 0 nitrogen and oxygen atoms in total. The van der Waals surface area contributed by atoms with Gasteiger partial charge in [-0.05, 0) is 123 Å². The molecule has 0 heteroatoms. The molecule has 0 aromatic heterocycles. The maximum absolute atomic E-state index is 3.36. The van der Waals surface area contributed by atoms with Crippen LogP contribution in [0, 0.1) is 41.4 Å².